The SMILES string of the molecule is O=C(c1cccc(-n2cnnn2)c1)N1C[C@H]2CNC[C@H]2C1. The number of aromatic nitrogens is 4. The Morgan fingerprint density at radius 2 is 2.05 bits per heavy atom. The molecule has 0 spiro atoms. The van der Waals surface area contributed by atoms with E-state index in [2.05, 4.69) is 20.8 Å². The van der Waals surface area contributed by atoms with Crippen molar-refractivity contribution in [2.75, 3.05) is 26.2 Å². The Morgan fingerprint density at radius 1 is 1.24 bits per heavy atom. The number of tetrazole rings is 1. The van der Waals surface area contributed by atoms with Crippen LogP contribution in [0.25, 0.3) is 5.69 Å². The number of carbonyl (C=O) groups is 1. The lowest BCUT2D eigenvalue weighted by Gasteiger charge is -2.17. The molecule has 3 heterocycles. The van der Waals surface area contributed by atoms with Crippen LogP contribution in [0.5, 0.6) is 0 Å². The minimum Gasteiger partial charge on any atom is -0.338 e. The second-order valence-corrected chi connectivity index (χ2v) is 5.69. The maximum absolute atomic E-state index is 12.6. The van der Waals surface area contributed by atoms with E-state index in [4.69, 9.17) is 0 Å². The Kier molecular flexibility index (Phi) is 2.92. The maximum atomic E-state index is 12.6. The molecule has 0 saturated carbocycles. The fourth-order valence-corrected chi connectivity index (χ4v) is 3.26. The zero-order valence-corrected chi connectivity index (χ0v) is 11.5. The number of nitrogens with zero attached hydrogens (tertiary/aromatic N) is 5. The third-order valence-electron chi connectivity index (χ3n) is 4.38. The first-order chi connectivity index (χ1) is 10.3. The minimum absolute atomic E-state index is 0.0966. The summed E-state index contributed by atoms with van der Waals surface area (Å²) in [5, 5.41) is 14.5. The van der Waals surface area contributed by atoms with Crippen molar-refractivity contribution in [1.29, 1.82) is 0 Å². The molecule has 2 saturated heterocycles. The van der Waals surface area contributed by atoms with Gasteiger partial charge in [-0.15, -0.1) is 5.10 Å². The zero-order valence-electron chi connectivity index (χ0n) is 11.5. The normalized spacial score (nSPS) is 24.3. The Balaban J connectivity index is 1.56. The Hall–Kier alpha value is -2.28. The average Bonchev–Trinajstić information content (AvgIpc) is 3.22. The topological polar surface area (TPSA) is 75.9 Å². The Morgan fingerprint density at radius 3 is 2.76 bits per heavy atom. The molecule has 1 aromatic heterocycles. The molecule has 4 rings (SSSR count). The van der Waals surface area contributed by atoms with Gasteiger partial charge in [-0.25, -0.2) is 4.68 Å². The number of hydrogen-bond acceptors (Lipinski definition) is 5. The molecule has 2 aromatic rings. The molecule has 1 amide bonds. The van der Waals surface area contributed by atoms with E-state index >= 15 is 0 Å². The monoisotopic (exact) mass is 284 g/mol. The second kappa shape index (κ2) is 4.92. The van der Waals surface area contributed by atoms with Crippen LogP contribution in [-0.4, -0.2) is 57.2 Å². The lowest BCUT2D eigenvalue weighted by molar-refractivity contribution is 0.0781. The third kappa shape index (κ3) is 2.19. The number of hydrogen-bond donors (Lipinski definition) is 1. The third-order valence-corrected chi connectivity index (χ3v) is 4.38. The largest absolute Gasteiger partial charge is 0.338 e. The van der Waals surface area contributed by atoms with E-state index in [1.807, 2.05) is 29.2 Å². The van der Waals surface area contributed by atoms with E-state index in [1.54, 1.807) is 4.68 Å². The van der Waals surface area contributed by atoms with Crippen molar-refractivity contribution in [3.8, 4) is 5.69 Å². The number of fused-ring (bicyclic) bond motifs is 1. The summed E-state index contributed by atoms with van der Waals surface area (Å²) in [6.07, 6.45) is 1.52. The number of nitrogens with one attached hydrogen (secondary N) is 1. The number of carbonyl (C=O) groups excluding carboxylic acids is 1. The first-order valence-electron chi connectivity index (χ1n) is 7.14. The molecule has 0 unspecified atom stereocenters. The van der Waals surface area contributed by atoms with Gasteiger partial charge in [0.15, 0.2) is 0 Å². The van der Waals surface area contributed by atoms with Gasteiger partial charge in [-0.2, -0.15) is 0 Å². The van der Waals surface area contributed by atoms with Crippen LogP contribution >= 0.6 is 0 Å². The summed E-state index contributed by atoms with van der Waals surface area (Å²) in [6, 6.07) is 7.44. The lowest BCUT2D eigenvalue weighted by Crippen LogP contribution is -2.31. The van der Waals surface area contributed by atoms with Gasteiger partial charge in [-0.1, -0.05) is 6.07 Å². The standard InChI is InChI=1S/C14H16N6O/c21-14(19-7-11-5-15-6-12(11)8-19)10-2-1-3-13(4-10)20-9-16-17-18-20/h1-4,9,11-12,15H,5-8H2/t11-,12+. The molecule has 7 heteroatoms. The summed E-state index contributed by atoms with van der Waals surface area (Å²) >= 11 is 0. The number of benzene rings is 1. The first-order valence-corrected chi connectivity index (χ1v) is 7.14. The van der Waals surface area contributed by atoms with Gasteiger partial charge in [-0.3, -0.25) is 4.79 Å². The quantitative estimate of drug-likeness (QED) is 0.837. The van der Waals surface area contributed by atoms with Gasteiger partial charge in [0, 0.05) is 31.7 Å². The van der Waals surface area contributed by atoms with Gasteiger partial charge in [0.05, 0.1) is 5.69 Å². The minimum atomic E-state index is 0.0966. The lowest BCUT2D eigenvalue weighted by atomic mass is 10.0. The molecule has 2 aliphatic rings. The van der Waals surface area contributed by atoms with Crippen molar-refractivity contribution < 1.29 is 4.79 Å². The molecule has 2 atom stereocenters. The predicted molar refractivity (Wildman–Crippen MR) is 74.9 cm³/mol. The summed E-state index contributed by atoms with van der Waals surface area (Å²) in [4.78, 5) is 14.6. The second-order valence-electron chi connectivity index (χ2n) is 5.69. The van der Waals surface area contributed by atoms with Gasteiger partial charge in [0.25, 0.3) is 5.91 Å². The maximum Gasteiger partial charge on any atom is 0.253 e. The molecule has 0 aliphatic carbocycles. The highest BCUT2D eigenvalue weighted by Gasteiger charge is 2.38. The highest BCUT2D eigenvalue weighted by atomic mass is 16.2. The summed E-state index contributed by atoms with van der Waals surface area (Å²) < 4.78 is 1.55. The molecular weight excluding hydrogens is 268 g/mol. The van der Waals surface area contributed by atoms with Crippen molar-refractivity contribution in [1.82, 2.24) is 30.4 Å². The fourth-order valence-electron chi connectivity index (χ4n) is 3.26. The van der Waals surface area contributed by atoms with Crippen LogP contribution in [0.15, 0.2) is 30.6 Å². The first kappa shape index (κ1) is 12.5. The van der Waals surface area contributed by atoms with Crippen molar-refractivity contribution in [2.45, 2.75) is 0 Å². The van der Waals surface area contributed by atoms with Crippen LogP contribution in [-0.2, 0) is 0 Å². The Labute approximate surface area is 121 Å². The van der Waals surface area contributed by atoms with Crippen LogP contribution in [0, 0.1) is 11.8 Å². The molecule has 2 aliphatic heterocycles. The van der Waals surface area contributed by atoms with Gasteiger partial charge in [-0.05, 0) is 40.5 Å². The van der Waals surface area contributed by atoms with Crippen LogP contribution in [0.4, 0.5) is 0 Å². The molecule has 108 valence electrons. The molecule has 1 aromatic carbocycles. The summed E-state index contributed by atoms with van der Waals surface area (Å²) in [5.41, 5.74) is 1.49. The van der Waals surface area contributed by atoms with Crippen molar-refractivity contribution in [3.05, 3.63) is 36.2 Å². The van der Waals surface area contributed by atoms with Crippen molar-refractivity contribution in [3.63, 3.8) is 0 Å². The van der Waals surface area contributed by atoms with Crippen LogP contribution < -0.4 is 5.32 Å². The van der Waals surface area contributed by atoms with E-state index < -0.39 is 0 Å². The number of amides is 1. The molecule has 7 nitrogen and oxygen atoms in total. The van der Waals surface area contributed by atoms with E-state index in [9.17, 15) is 4.79 Å². The van der Waals surface area contributed by atoms with Gasteiger partial charge >= 0.3 is 0 Å². The molecule has 2 fully saturated rings. The van der Waals surface area contributed by atoms with Crippen molar-refractivity contribution >= 4 is 5.91 Å². The highest BCUT2D eigenvalue weighted by Crippen LogP contribution is 2.27. The average molecular weight is 284 g/mol. The summed E-state index contributed by atoms with van der Waals surface area (Å²) in [7, 11) is 0. The van der Waals surface area contributed by atoms with Gasteiger partial charge in [0.1, 0.15) is 6.33 Å². The highest BCUT2D eigenvalue weighted by molar-refractivity contribution is 5.95. The molecule has 1 N–H and O–H groups in total. The fraction of sp³-hybridized carbons (Fsp3) is 0.429. The zero-order chi connectivity index (χ0) is 14.2. The van der Waals surface area contributed by atoms with Crippen LogP contribution in [0.3, 0.4) is 0 Å². The smallest absolute Gasteiger partial charge is 0.253 e. The van der Waals surface area contributed by atoms with Gasteiger partial charge < -0.3 is 10.2 Å². The number of likely N-dealkylation sites (tertiary alicyclic amines) is 1. The molecule has 0 bridgehead atoms. The predicted octanol–water partition coefficient (Wildman–Crippen LogP) is -0.0463. The summed E-state index contributed by atoms with van der Waals surface area (Å²) in [5.74, 6) is 1.31. The molecular formula is C14H16N6O. The Bertz CT molecular complexity index is 643. The molecule has 21 heavy (non-hydrogen) atoms. The molecule has 0 radical (unpaired) electrons. The van der Waals surface area contributed by atoms with Crippen LogP contribution in [0.1, 0.15) is 10.4 Å². The number of rotatable bonds is 2. The van der Waals surface area contributed by atoms with E-state index in [-0.39, 0.29) is 5.91 Å². The van der Waals surface area contributed by atoms with Crippen molar-refractivity contribution in [2.24, 2.45) is 11.8 Å². The van der Waals surface area contributed by atoms with E-state index in [0.29, 0.717) is 17.4 Å². The van der Waals surface area contributed by atoms with Crippen LogP contribution in [0.2, 0.25) is 0 Å². The summed E-state index contributed by atoms with van der Waals surface area (Å²) in [6.45, 7) is 3.76. The van der Waals surface area contributed by atoms with Gasteiger partial charge in [0.2, 0.25) is 0 Å². The van der Waals surface area contributed by atoms with E-state index in [0.717, 1.165) is 31.9 Å². The van der Waals surface area contributed by atoms with E-state index in [1.165, 1.54) is 6.33 Å².